The van der Waals surface area contributed by atoms with Gasteiger partial charge in [-0.1, -0.05) is 0 Å². The van der Waals surface area contributed by atoms with Crippen molar-refractivity contribution in [2.75, 3.05) is 41.3 Å². The standard InChI is InChI=1S/C27H30N4O4/c1-17-26(34)24(28-18-2-6-20(7-3-18)30-12-10-22(32)15-30)14-25(27(17)35)29-19-4-8-21(9-5-19)31-13-11-23(33)16-31/h2-9,14,22-23,28,32-33,35H,10-13,15-16H2,1H3/b29-25-. The molecule has 0 bridgehead atoms. The number of hydrogen-bond acceptors (Lipinski definition) is 8. The van der Waals surface area contributed by atoms with Crippen LogP contribution in [-0.4, -0.2) is 65.2 Å². The van der Waals surface area contributed by atoms with Gasteiger partial charge in [0, 0.05) is 48.8 Å². The van der Waals surface area contributed by atoms with Crippen LogP contribution in [-0.2, 0) is 4.79 Å². The van der Waals surface area contributed by atoms with Crippen molar-refractivity contribution in [2.45, 2.75) is 32.0 Å². The fraction of sp³-hybridized carbons (Fsp3) is 0.333. The summed E-state index contributed by atoms with van der Waals surface area (Å²) in [6, 6.07) is 15.3. The number of rotatable bonds is 5. The van der Waals surface area contributed by atoms with Gasteiger partial charge in [0.25, 0.3) is 0 Å². The topological polar surface area (TPSA) is 109 Å². The van der Waals surface area contributed by atoms with E-state index in [1.165, 1.54) is 0 Å². The molecule has 0 amide bonds. The first-order valence-electron chi connectivity index (χ1n) is 12.0. The monoisotopic (exact) mass is 474 g/mol. The molecule has 8 nitrogen and oxygen atoms in total. The summed E-state index contributed by atoms with van der Waals surface area (Å²) in [6.45, 7) is 4.48. The smallest absolute Gasteiger partial charge is 0.208 e. The fourth-order valence-electron chi connectivity index (χ4n) is 4.69. The van der Waals surface area contributed by atoms with Gasteiger partial charge in [-0.25, -0.2) is 4.99 Å². The van der Waals surface area contributed by atoms with Crippen LogP contribution in [0.5, 0.6) is 0 Å². The number of aliphatic imine (C=N–C) groups is 1. The first-order chi connectivity index (χ1) is 16.9. The highest BCUT2D eigenvalue weighted by Gasteiger charge is 2.25. The fourth-order valence-corrected chi connectivity index (χ4v) is 4.69. The molecular weight excluding hydrogens is 444 g/mol. The summed E-state index contributed by atoms with van der Waals surface area (Å²) in [4.78, 5) is 21.6. The number of carbonyl (C=O) groups excluding carboxylic acids is 1. The Kier molecular flexibility index (Phi) is 6.32. The van der Waals surface area contributed by atoms with E-state index in [-0.39, 0.29) is 29.3 Å². The Morgan fingerprint density at radius 2 is 1.43 bits per heavy atom. The number of nitrogens with zero attached hydrogens (tertiary/aromatic N) is 3. The third kappa shape index (κ3) is 4.94. The minimum Gasteiger partial charge on any atom is -0.505 e. The third-order valence-corrected chi connectivity index (χ3v) is 6.77. The Morgan fingerprint density at radius 1 is 0.886 bits per heavy atom. The maximum Gasteiger partial charge on any atom is 0.208 e. The summed E-state index contributed by atoms with van der Waals surface area (Å²) >= 11 is 0. The van der Waals surface area contributed by atoms with Crippen molar-refractivity contribution in [3.63, 3.8) is 0 Å². The van der Waals surface area contributed by atoms with Gasteiger partial charge in [-0.15, -0.1) is 0 Å². The number of ketones is 1. The zero-order valence-corrected chi connectivity index (χ0v) is 19.7. The van der Waals surface area contributed by atoms with Gasteiger partial charge in [0.05, 0.1) is 23.6 Å². The number of aliphatic hydroxyl groups excluding tert-OH is 3. The number of β-amino-alcohol motifs (C(OH)–C–C–N with tert-alkyl or cyclic N) is 2. The van der Waals surface area contributed by atoms with Crippen LogP contribution in [0, 0.1) is 0 Å². The van der Waals surface area contributed by atoms with E-state index in [1.807, 2.05) is 48.5 Å². The minimum atomic E-state index is -0.292. The number of hydrogen-bond donors (Lipinski definition) is 4. The second kappa shape index (κ2) is 9.56. The van der Waals surface area contributed by atoms with Crippen molar-refractivity contribution in [1.29, 1.82) is 0 Å². The highest BCUT2D eigenvalue weighted by Crippen LogP contribution is 2.27. The van der Waals surface area contributed by atoms with E-state index in [2.05, 4.69) is 20.1 Å². The number of carbonyl (C=O) groups is 1. The maximum absolute atomic E-state index is 12.8. The van der Waals surface area contributed by atoms with Crippen LogP contribution in [0.4, 0.5) is 22.7 Å². The van der Waals surface area contributed by atoms with E-state index in [0.29, 0.717) is 30.2 Å². The highest BCUT2D eigenvalue weighted by molar-refractivity contribution is 6.24. The lowest BCUT2D eigenvalue weighted by Crippen LogP contribution is -2.22. The molecule has 2 atom stereocenters. The minimum absolute atomic E-state index is 0.129. The molecule has 3 aliphatic rings. The summed E-state index contributed by atoms with van der Waals surface area (Å²) in [5.74, 6) is -0.411. The number of nitrogens with one attached hydrogen (secondary N) is 1. The van der Waals surface area contributed by atoms with Crippen LogP contribution in [0.1, 0.15) is 19.8 Å². The van der Waals surface area contributed by atoms with Crippen LogP contribution in [0.2, 0.25) is 0 Å². The quantitative estimate of drug-likeness (QED) is 0.493. The van der Waals surface area contributed by atoms with Crippen LogP contribution in [0.3, 0.4) is 0 Å². The van der Waals surface area contributed by atoms with Crippen molar-refractivity contribution >= 4 is 34.2 Å². The molecular formula is C27H30N4O4. The van der Waals surface area contributed by atoms with Gasteiger partial charge < -0.3 is 30.4 Å². The molecule has 0 saturated carbocycles. The first-order valence-corrected chi connectivity index (χ1v) is 12.0. The molecule has 4 N–H and O–H groups in total. The summed E-state index contributed by atoms with van der Waals surface area (Å²) < 4.78 is 0. The molecule has 35 heavy (non-hydrogen) atoms. The predicted octanol–water partition coefficient (Wildman–Crippen LogP) is 3.31. The van der Waals surface area contributed by atoms with E-state index in [9.17, 15) is 20.1 Å². The molecule has 0 spiro atoms. The molecule has 1 aliphatic carbocycles. The van der Waals surface area contributed by atoms with Crippen molar-refractivity contribution in [3.8, 4) is 0 Å². The molecule has 2 aromatic rings. The normalized spacial score (nSPS) is 23.9. The van der Waals surface area contributed by atoms with Gasteiger partial charge in [0.15, 0.2) is 0 Å². The molecule has 2 fully saturated rings. The summed E-state index contributed by atoms with van der Waals surface area (Å²) in [7, 11) is 0. The number of Topliss-reactive ketones (excluding diaryl/α,β-unsaturated/α-hetero) is 1. The molecule has 2 heterocycles. The lowest BCUT2D eigenvalue weighted by atomic mass is 9.99. The SMILES string of the molecule is CC1=C(O)/C(=N\c2ccc(N3CCC(O)C3)cc2)C=C(Nc2ccc(N3CCC(O)C3)cc2)C1=O. The Bertz CT molecular complexity index is 1200. The Balaban J connectivity index is 1.33. The first kappa shape index (κ1) is 23.1. The van der Waals surface area contributed by atoms with Gasteiger partial charge in [-0.2, -0.15) is 0 Å². The van der Waals surface area contributed by atoms with E-state index >= 15 is 0 Å². The molecule has 0 aromatic heterocycles. The van der Waals surface area contributed by atoms with E-state index in [4.69, 9.17) is 0 Å². The summed E-state index contributed by atoms with van der Waals surface area (Å²) in [5, 5.41) is 33.3. The number of anilines is 3. The zero-order valence-electron chi connectivity index (χ0n) is 19.7. The van der Waals surface area contributed by atoms with Gasteiger partial charge in [-0.3, -0.25) is 4.79 Å². The van der Waals surface area contributed by atoms with E-state index in [0.717, 1.165) is 43.0 Å². The van der Waals surface area contributed by atoms with Crippen molar-refractivity contribution in [3.05, 3.63) is 71.6 Å². The predicted molar refractivity (Wildman–Crippen MR) is 138 cm³/mol. The Hall–Kier alpha value is -3.62. The number of aliphatic hydroxyl groups is 3. The third-order valence-electron chi connectivity index (χ3n) is 6.77. The zero-order chi connectivity index (χ0) is 24.5. The molecule has 0 radical (unpaired) electrons. The van der Waals surface area contributed by atoms with Gasteiger partial charge in [0.1, 0.15) is 11.5 Å². The number of benzene rings is 2. The van der Waals surface area contributed by atoms with Gasteiger partial charge >= 0.3 is 0 Å². The lowest BCUT2D eigenvalue weighted by Gasteiger charge is -2.20. The van der Waals surface area contributed by atoms with Crippen LogP contribution < -0.4 is 15.1 Å². The van der Waals surface area contributed by atoms with Crippen LogP contribution >= 0.6 is 0 Å². The summed E-state index contributed by atoms with van der Waals surface area (Å²) in [6.07, 6.45) is 2.52. The molecule has 5 rings (SSSR count). The van der Waals surface area contributed by atoms with Crippen LogP contribution in [0.15, 0.2) is 76.6 Å². The van der Waals surface area contributed by atoms with Crippen molar-refractivity contribution in [2.24, 2.45) is 4.99 Å². The second-order valence-electron chi connectivity index (χ2n) is 9.32. The summed E-state index contributed by atoms with van der Waals surface area (Å²) in [5.41, 5.74) is 4.34. The molecule has 8 heteroatoms. The van der Waals surface area contributed by atoms with Crippen molar-refractivity contribution < 1.29 is 20.1 Å². The molecule has 2 unspecified atom stereocenters. The lowest BCUT2D eigenvalue weighted by molar-refractivity contribution is -0.112. The molecule has 2 saturated heterocycles. The molecule has 2 aliphatic heterocycles. The Labute approximate surface area is 204 Å². The average molecular weight is 475 g/mol. The highest BCUT2D eigenvalue weighted by atomic mass is 16.3. The van der Waals surface area contributed by atoms with Crippen molar-refractivity contribution in [1.82, 2.24) is 0 Å². The molecule has 182 valence electrons. The van der Waals surface area contributed by atoms with E-state index < -0.39 is 0 Å². The maximum atomic E-state index is 12.8. The number of allylic oxidation sites excluding steroid dienone is 2. The average Bonchev–Trinajstić information content (AvgIpc) is 3.50. The van der Waals surface area contributed by atoms with Gasteiger partial charge in [-0.05, 0) is 74.4 Å². The second-order valence-corrected chi connectivity index (χ2v) is 9.32. The van der Waals surface area contributed by atoms with Crippen LogP contribution in [0.25, 0.3) is 0 Å². The van der Waals surface area contributed by atoms with E-state index in [1.54, 1.807) is 13.0 Å². The Morgan fingerprint density at radius 3 is 1.94 bits per heavy atom. The largest absolute Gasteiger partial charge is 0.505 e. The van der Waals surface area contributed by atoms with Gasteiger partial charge in [0.2, 0.25) is 5.78 Å². The molecule has 2 aromatic carbocycles.